The molecule has 0 bridgehead atoms. The van der Waals surface area contributed by atoms with Gasteiger partial charge in [0.2, 0.25) is 5.90 Å². The van der Waals surface area contributed by atoms with Gasteiger partial charge in [0.05, 0.1) is 6.10 Å². The summed E-state index contributed by atoms with van der Waals surface area (Å²) >= 11 is 16.4. The molecular weight excluding hydrogens is 300 g/mol. The van der Waals surface area contributed by atoms with Crippen molar-refractivity contribution in [3.8, 4) is 0 Å². The fraction of sp³-hybridized carbons (Fsp3) is 0.727. The van der Waals surface area contributed by atoms with E-state index in [4.69, 9.17) is 54.4 Å². The number of hydrogen-bond donors (Lipinski definition) is 1. The standard InChI is InChI=1S/C11H18Cl3NO3/c1-8(9(2)18-7-16-3)5-4-6-17-10(15)11(12,13)14/h4-5,8-9,15H,6-7H2,1-3H3/b5-4+,15-10?/t8-,9+/m0/s1. The van der Waals surface area contributed by atoms with Gasteiger partial charge in [-0.3, -0.25) is 5.41 Å². The van der Waals surface area contributed by atoms with Crippen molar-refractivity contribution >= 4 is 40.7 Å². The number of halogens is 3. The van der Waals surface area contributed by atoms with Crippen molar-refractivity contribution in [2.24, 2.45) is 5.92 Å². The molecule has 2 atom stereocenters. The first-order valence-electron chi connectivity index (χ1n) is 5.34. The van der Waals surface area contributed by atoms with Gasteiger partial charge in [0.1, 0.15) is 13.4 Å². The summed E-state index contributed by atoms with van der Waals surface area (Å²) in [6, 6.07) is 0. The molecule has 0 unspecified atom stereocenters. The van der Waals surface area contributed by atoms with E-state index in [0.717, 1.165) is 0 Å². The lowest BCUT2D eigenvalue weighted by Gasteiger charge is -2.17. The number of rotatable bonds is 7. The van der Waals surface area contributed by atoms with Gasteiger partial charge in [-0.1, -0.05) is 53.9 Å². The fourth-order valence-corrected chi connectivity index (χ4v) is 1.13. The van der Waals surface area contributed by atoms with E-state index >= 15 is 0 Å². The molecule has 1 N–H and O–H groups in total. The van der Waals surface area contributed by atoms with Crippen molar-refractivity contribution in [1.82, 2.24) is 0 Å². The Hall–Kier alpha value is -0.000000000000000111. The number of nitrogens with one attached hydrogen (secondary N) is 1. The molecular formula is C11H18Cl3NO3. The number of alkyl halides is 3. The molecule has 0 saturated carbocycles. The van der Waals surface area contributed by atoms with Gasteiger partial charge in [-0.15, -0.1) is 0 Å². The van der Waals surface area contributed by atoms with Gasteiger partial charge in [0, 0.05) is 13.0 Å². The zero-order valence-corrected chi connectivity index (χ0v) is 12.9. The molecule has 0 fully saturated rings. The monoisotopic (exact) mass is 317 g/mol. The van der Waals surface area contributed by atoms with Crippen LogP contribution in [0.4, 0.5) is 0 Å². The minimum absolute atomic E-state index is 0.0221. The normalized spacial score (nSPS) is 15.7. The summed E-state index contributed by atoms with van der Waals surface area (Å²) in [4.78, 5) is 0. The van der Waals surface area contributed by atoms with Crippen molar-refractivity contribution in [3.63, 3.8) is 0 Å². The molecule has 0 rings (SSSR count). The van der Waals surface area contributed by atoms with Crippen molar-refractivity contribution < 1.29 is 14.2 Å². The fourth-order valence-electron chi connectivity index (χ4n) is 0.967. The van der Waals surface area contributed by atoms with Gasteiger partial charge < -0.3 is 14.2 Å². The van der Waals surface area contributed by atoms with E-state index in [1.54, 1.807) is 13.2 Å². The molecule has 0 radical (unpaired) electrons. The minimum Gasteiger partial charge on any atom is -0.474 e. The predicted molar refractivity (Wildman–Crippen MR) is 74.7 cm³/mol. The second kappa shape index (κ2) is 8.99. The maximum atomic E-state index is 7.31. The van der Waals surface area contributed by atoms with Crippen LogP contribution >= 0.6 is 34.8 Å². The van der Waals surface area contributed by atoms with Crippen LogP contribution in [0, 0.1) is 11.3 Å². The van der Waals surface area contributed by atoms with Crippen LogP contribution < -0.4 is 0 Å². The third-order valence-electron chi connectivity index (χ3n) is 2.21. The highest BCUT2D eigenvalue weighted by Crippen LogP contribution is 2.27. The Morgan fingerprint density at radius 2 is 1.94 bits per heavy atom. The molecule has 0 aliphatic carbocycles. The highest BCUT2D eigenvalue weighted by molar-refractivity contribution is 6.76. The van der Waals surface area contributed by atoms with Crippen LogP contribution in [0.25, 0.3) is 0 Å². The maximum absolute atomic E-state index is 7.31. The van der Waals surface area contributed by atoms with Gasteiger partial charge in [0.15, 0.2) is 0 Å². The lowest BCUT2D eigenvalue weighted by molar-refractivity contribution is -0.0758. The molecule has 0 aromatic carbocycles. The molecule has 0 aliphatic rings. The highest BCUT2D eigenvalue weighted by Gasteiger charge is 2.28. The average molecular weight is 319 g/mol. The second-order valence-electron chi connectivity index (χ2n) is 3.70. The molecule has 106 valence electrons. The zero-order valence-electron chi connectivity index (χ0n) is 10.6. The van der Waals surface area contributed by atoms with E-state index in [1.165, 1.54) is 0 Å². The average Bonchev–Trinajstić information content (AvgIpc) is 2.29. The van der Waals surface area contributed by atoms with E-state index in [0.29, 0.717) is 0 Å². The van der Waals surface area contributed by atoms with Crippen molar-refractivity contribution in [2.45, 2.75) is 23.7 Å². The van der Waals surface area contributed by atoms with Crippen LogP contribution in [0.5, 0.6) is 0 Å². The third-order valence-corrected chi connectivity index (χ3v) is 2.73. The number of hydrogen-bond acceptors (Lipinski definition) is 4. The van der Waals surface area contributed by atoms with Crippen molar-refractivity contribution in [2.75, 3.05) is 20.5 Å². The third kappa shape index (κ3) is 8.16. The lowest BCUT2D eigenvalue weighted by Crippen LogP contribution is -2.21. The molecule has 0 aromatic rings. The summed E-state index contributed by atoms with van der Waals surface area (Å²) in [6.45, 7) is 4.37. The smallest absolute Gasteiger partial charge is 0.265 e. The predicted octanol–water partition coefficient (Wildman–Crippen LogP) is 3.55. The van der Waals surface area contributed by atoms with E-state index in [9.17, 15) is 0 Å². The Bertz CT molecular complexity index is 279. The Labute approximate surface area is 123 Å². The Morgan fingerprint density at radius 3 is 2.44 bits per heavy atom. The van der Waals surface area contributed by atoms with Crippen LogP contribution in [-0.4, -0.2) is 36.3 Å². The Kier molecular flexibility index (Phi) is 8.99. The summed E-state index contributed by atoms with van der Waals surface area (Å²) in [6.07, 6.45) is 3.68. The number of methoxy groups -OCH3 is 1. The summed E-state index contributed by atoms with van der Waals surface area (Å²) in [5.74, 6) is -0.209. The minimum atomic E-state index is -1.81. The van der Waals surface area contributed by atoms with E-state index in [2.05, 4.69) is 0 Å². The Balaban J connectivity index is 3.92. The van der Waals surface area contributed by atoms with Gasteiger partial charge in [-0.2, -0.15) is 0 Å². The first-order chi connectivity index (χ1) is 8.29. The van der Waals surface area contributed by atoms with Crippen LogP contribution in [0.1, 0.15) is 13.8 Å². The molecule has 4 nitrogen and oxygen atoms in total. The summed E-state index contributed by atoms with van der Waals surface area (Å²) in [5, 5.41) is 7.31. The van der Waals surface area contributed by atoms with E-state index in [1.807, 2.05) is 19.9 Å². The van der Waals surface area contributed by atoms with E-state index < -0.39 is 9.69 Å². The first-order valence-corrected chi connectivity index (χ1v) is 6.48. The summed E-state index contributed by atoms with van der Waals surface area (Å²) in [5.41, 5.74) is 0. The molecule has 0 amide bonds. The molecule has 0 aromatic heterocycles. The van der Waals surface area contributed by atoms with Crippen LogP contribution in [0.3, 0.4) is 0 Å². The van der Waals surface area contributed by atoms with Crippen molar-refractivity contribution in [3.05, 3.63) is 12.2 Å². The quantitative estimate of drug-likeness (QED) is 0.257. The molecule has 0 aliphatic heterocycles. The number of ether oxygens (including phenoxy) is 3. The molecule has 0 spiro atoms. The van der Waals surface area contributed by atoms with Gasteiger partial charge >= 0.3 is 0 Å². The zero-order chi connectivity index (χ0) is 14.2. The van der Waals surface area contributed by atoms with Gasteiger partial charge in [-0.25, -0.2) is 0 Å². The van der Waals surface area contributed by atoms with Crippen LogP contribution in [0.2, 0.25) is 0 Å². The van der Waals surface area contributed by atoms with Gasteiger partial charge in [0.25, 0.3) is 3.79 Å². The lowest BCUT2D eigenvalue weighted by atomic mass is 10.1. The summed E-state index contributed by atoms with van der Waals surface area (Å²) < 4.78 is 13.3. The maximum Gasteiger partial charge on any atom is 0.265 e. The largest absolute Gasteiger partial charge is 0.474 e. The van der Waals surface area contributed by atoms with Crippen LogP contribution in [0.15, 0.2) is 12.2 Å². The first kappa shape index (κ1) is 18.0. The van der Waals surface area contributed by atoms with Crippen molar-refractivity contribution in [1.29, 1.82) is 5.41 Å². The SMILES string of the molecule is COCO[C@H](C)[C@@H](C)/C=C/COC(=N)C(Cl)(Cl)Cl. The molecule has 0 heterocycles. The summed E-state index contributed by atoms with van der Waals surface area (Å²) in [7, 11) is 1.57. The molecule has 18 heavy (non-hydrogen) atoms. The van der Waals surface area contributed by atoms with E-state index in [-0.39, 0.29) is 25.4 Å². The molecule has 7 heteroatoms. The highest BCUT2D eigenvalue weighted by atomic mass is 35.6. The Morgan fingerprint density at radius 1 is 1.33 bits per heavy atom. The topological polar surface area (TPSA) is 51.5 Å². The van der Waals surface area contributed by atoms with Crippen LogP contribution in [-0.2, 0) is 14.2 Å². The second-order valence-corrected chi connectivity index (χ2v) is 5.98. The molecule has 0 saturated heterocycles. The van der Waals surface area contributed by atoms with Gasteiger partial charge in [-0.05, 0) is 6.92 Å².